The van der Waals surface area contributed by atoms with Crippen molar-refractivity contribution in [2.24, 2.45) is 11.8 Å². The summed E-state index contributed by atoms with van der Waals surface area (Å²) in [4.78, 5) is 11.4. The number of carbonyl (C=O) groups is 1. The summed E-state index contributed by atoms with van der Waals surface area (Å²) in [5.74, 6) is -0.174. The molecule has 0 heterocycles. The number of methoxy groups -OCH3 is 1. The fourth-order valence-electron chi connectivity index (χ4n) is 1.94. The molecule has 0 saturated heterocycles. The van der Waals surface area contributed by atoms with Gasteiger partial charge in [-0.3, -0.25) is 0 Å². The van der Waals surface area contributed by atoms with Gasteiger partial charge in [0.25, 0.3) is 0 Å². The number of esters is 1. The van der Waals surface area contributed by atoms with Gasteiger partial charge in [-0.15, -0.1) is 0 Å². The van der Waals surface area contributed by atoms with Gasteiger partial charge in [-0.25, -0.2) is 17.9 Å². The molecule has 1 aromatic rings. The maximum atomic E-state index is 12.1. The second-order valence-corrected chi connectivity index (χ2v) is 6.76. The minimum Gasteiger partial charge on any atom is -0.507 e. The number of rotatable bonds is 5. The third kappa shape index (κ3) is 3.10. The van der Waals surface area contributed by atoms with Gasteiger partial charge in [-0.1, -0.05) is 6.92 Å². The highest BCUT2D eigenvalue weighted by Crippen LogP contribution is 2.37. The highest BCUT2D eigenvalue weighted by Gasteiger charge is 2.33. The second kappa shape index (κ2) is 5.41. The van der Waals surface area contributed by atoms with Crippen LogP contribution in [0.2, 0.25) is 0 Å². The number of sulfonamides is 1. The Kier molecular flexibility index (Phi) is 4.01. The van der Waals surface area contributed by atoms with Crippen molar-refractivity contribution in [2.75, 3.05) is 13.7 Å². The van der Waals surface area contributed by atoms with Crippen LogP contribution in [0.1, 0.15) is 23.7 Å². The molecular weight excluding hydrogens is 282 g/mol. The second-order valence-electron chi connectivity index (χ2n) is 5.00. The van der Waals surface area contributed by atoms with Crippen molar-refractivity contribution >= 4 is 16.0 Å². The number of phenolic OH excluding ortho intramolecular Hbond substituents is 1. The maximum absolute atomic E-state index is 12.1. The molecule has 7 heteroatoms. The smallest absolute Gasteiger partial charge is 0.341 e. The molecule has 1 fully saturated rings. The van der Waals surface area contributed by atoms with E-state index in [1.54, 1.807) is 0 Å². The van der Waals surface area contributed by atoms with E-state index in [1.807, 2.05) is 0 Å². The van der Waals surface area contributed by atoms with Crippen LogP contribution in [-0.2, 0) is 14.8 Å². The third-order valence-corrected chi connectivity index (χ3v) is 4.92. The SMILES string of the molecule is COC(=O)c1cc(S(=O)(=O)NCC2CC2C)ccc1O. The zero-order valence-corrected chi connectivity index (χ0v) is 12.1. The topological polar surface area (TPSA) is 92.7 Å². The number of benzene rings is 1. The molecule has 0 aliphatic heterocycles. The van der Waals surface area contributed by atoms with Crippen molar-refractivity contribution in [2.45, 2.75) is 18.2 Å². The molecule has 1 aromatic carbocycles. The lowest BCUT2D eigenvalue weighted by atomic mass is 10.2. The Labute approximate surface area is 117 Å². The molecule has 0 aromatic heterocycles. The lowest BCUT2D eigenvalue weighted by molar-refractivity contribution is 0.0597. The van der Waals surface area contributed by atoms with Crippen molar-refractivity contribution in [1.82, 2.24) is 4.72 Å². The Hall–Kier alpha value is -1.60. The van der Waals surface area contributed by atoms with Crippen LogP contribution >= 0.6 is 0 Å². The Balaban J connectivity index is 2.20. The number of hydrogen-bond donors (Lipinski definition) is 2. The van der Waals surface area contributed by atoms with Crippen LogP contribution in [0.25, 0.3) is 0 Å². The first-order valence-electron chi connectivity index (χ1n) is 6.26. The van der Waals surface area contributed by atoms with Crippen LogP contribution in [0.3, 0.4) is 0 Å². The highest BCUT2D eigenvalue weighted by molar-refractivity contribution is 7.89. The molecule has 2 rings (SSSR count). The number of aromatic hydroxyl groups is 1. The predicted octanol–water partition coefficient (Wildman–Crippen LogP) is 1.11. The number of nitrogens with one attached hydrogen (secondary N) is 1. The highest BCUT2D eigenvalue weighted by atomic mass is 32.2. The summed E-state index contributed by atoms with van der Waals surface area (Å²) in [6.45, 7) is 2.45. The number of carbonyl (C=O) groups excluding carboxylic acids is 1. The van der Waals surface area contributed by atoms with Gasteiger partial charge in [-0.2, -0.15) is 0 Å². The molecule has 1 aliphatic carbocycles. The molecule has 20 heavy (non-hydrogen) atoms. The van der Waals surface area contributed by atoms with Gasteiger partial charge >= 0.3 is 5.97 Å². The molecule has 2 unspecified atom stereocenters. The minimum atomic E-state index is -3.69. The summed E-state index contributed by atoms with van der Waals surface area (Å²) in [6.07, 6.45) is 1.02. The predicted molar refractivity (Wildman–Crippen MR) is 71.9 cm³/mol. The van der Waals surface area contributed by atoms with E-state index < -0.39 is 16.0 Å². The molecule has 0 amide bonds. The van der Waals surface area contributed by atoms with Gasteiger partial charge in [0.15, 0.2) is 0 Å². The van der Waals surface area contributed by atoms with E-state index in [-0.39, 0.29) is 16.2 Å². The van der Waals surface area contributed by atoms with Gasteiger partial charge in [0, 0.05) is 6.54 Å². The van der Waals surface area contributed by atoms with Gasteiger partial charge in [0.1, 0.15) is 11.3 Å². The summed E-state index contributed by atoms with van der Waals surface area (Å²) >= 11 is 0. The van der Waals surface area contributed by atoms with E-state index >= 15 is 0 Å². The standard InChI is InChI=1S/C13H17NO5S/c1-8-5-9(8)7-14-20(17,18)10-3-4-12(15)11(6-10)13(16)19-2/h3-4,6,8-9,14-15H,5,7H2,1-2H3. The summed E-state index contributed by atoms with van der Waals surface area (Å²) in [5, 5.41) is 9.55. The van der Waals surface area contributed by atoms with Crippen molar-refractivity contribution in [3.63, 3.8) is 0 Å². The van der Waals surface area contributed by atoms with Crippen LogP contribution < -0.4 is 4.72 Å². The third-order valence-electron chi connectivity index (χ3n) is 3.50. The number of ether oxygens (including phenoxy) is 1. The van der Waals surface area contributed by atoms with Crippen LogP contribution in [-0.4, -0.2) is 33.1 Å². The van der Waals surface area contributed by atoms with Gasteiger partial charge < -0.3 is 9.84 Å². The molecule has 2 N–H and O–H groups in total. The van der Waals surface area contributed by atoms with E-state index in [0.29, 0.717) is 18.4 Å². The summed E-state index contributed by atoms with van der Waals surface area (Å²) in [7, 11) is -2.53. The molecule has 0 radical (unpaired) electrons. The summed E-state index contributed by atoms with van der Waals surface area (Å²) in [6, 6.07) is 3.53. The summed E-state index contributed by atoms with van der Waals surface area (Å²) < 4.78 is 31.2. The fourth-order valence-corrected chi connectivity index (χ4v) is 3.06. The van der Waals surface area contributed by atoms with Crippen molar-refractivity contribution in [1.29, 1.82) is 0 Å². The Morgan fingerprint density at radius 2 is 2.15 bits per heavy atom. The Morgan fingerprint density at radius 3 is 2.70 bits per heavy atom. The monoisotopic (exact) mass is 299 g/mol. The largest absolute Gasteiger partial charge is 0.507 e. The molecule has 2 atom stereocenters. The first-order chi connectivity index (χ1) is 9.35. The quantitative estimate of drug-likeness (QED) is 0.795. The number of hydrogen-bond acceptors (Lipinski definition) is 5. The van der Waals surface area contributed by atoms with Crippen LogP contribution in [0.5, 0.6) is 5.75 Å². The van der Waals surface area contributed by atoms with Crippen molar-refractivity contribution in [3.05, 3.63) is 23.8 Å². The van der Waals surface area contributed by atoms with Crippen molar-refractivity contribution < 1.29 is 23.1 Å². The van der Waals surface area contributed by atoms with Gasteiger partial charge in [0.2, 0.25) is 10.0 Å². The minimum absolute atomic E-state index is 0.0657. The molecule has 1 aliphatic rings. The average Bonchev–Trinajstić information content (AvgIpc) is 3.12. The molecule has 110 valence electrons. The van der Waals surface area contributed by atoms with Crippen molar-refractivity contribution in [3.8, 4) is 5.75 Å². The van der Waals surface area contributed by atoms with Crippen LogP contribution in [0, 0.1) is 11.8 Å². The zero-order valence-electron chi connectivity index (χ0n) is 11.3. The molecule has 6 nitrogen and oxygen atoms in total. The molecular formula is C13H17NO5S. The van der Waals surface area contributed by atoms with E-state index in [4.69, 9.17) is 0 Å². The maximum Gasteiger partial charge on any atom is 0.341 e. The normalized spacial score (nSPS) is 21.5. The van der Waals surface area contributed by atoms with E-state index in [0.717, 1.165) is 19.6 Å². The Morgan fingerprint density at radius 1 is 1.50 bits per heavy atom. The number of phenols is 1. The summed E-state index contributed by atoms with van der Waals surface area (Å²) in [5.41, 5.74) is -0.171. The van der Waals surface area contributed by atoms with E-state index in [2.05, 4.69) is 16.4 Å². The molecule has 0 spiro atoms. The zero-order chi connectivity index (χ0) is 14.9. The van der Waals surface area contributed by atoms with E-state index in [1.165, 1.54) is 12.1 Å². The first-order valence-corrected chi connectivity index (χ1v) is 7.74. The van der Waals surface area contributed by atoms with E-state index in [9.17, 15) is 18.3 Å². The molecule has 1 saturated carbocycles. The van der Waals surface area contributed by atoms with Crippen LogP contribution in [0.4, 0.5) is 0 Å². The first kappa shape index (κ1) is 14.8. The average molecular weight is 299 g/mol. The Bertz CT molecular complexity index is 626. The fraction of sp³-hybridized carbons (Fsp3) is 0.462. The lowest BCUT2D eigenvalue weighted by Crippen LogP contribution is -2.26. The lowest BCUT2D eigenvalue weighted by Gasteiger charge is -2.08. The van der Waals surface area contributed by atoms with Gasteiger partial charge in [0.05, 0.1) is 12.0 Å². The molecule has 0 bridgehead atoms. The van der Waals surface area contributed by atoms with Crippen LogP contribution in [0.15, 0.2) is 23.1 Å². The van der Waals surface area contributed by atoms with Gasteiger partial charge in [-0.05, 0) is 36.5 Å².